The number of carbonyl (C=O) groups is 3. The Morgan fingerprint density at radius 2 is 1.93 bits per heavy atom. The molecule has 1 aliphatic heterocycles. The van der Waals surface area contributed by atoms with E-state index in [0.29, 0.717) is 12.5 Å². The van der Waals surface area contributed by atoms with Crippen molar-refractivity contribution in [1.29, 1.82) is 0 Å². The van der Waals surface area contributed by atoms with Crippen molar-refractivity contribution < 1.29 is 19.3 Å². The van der Waals surface area contributed by atoms with Gasteiger partial charge in [0.1, 0.15) is 0 Å². The van der Waals surface area contributed by atoms with Crippen LogP contribution in [-0.2, 0) is 9.59 Å². The van der Waals surface area contributed by atoms with Gasteiger partial charge in [-0.25, -0.2) is 0 Å². The molecule has 0 saturated carbocycles. The average Bonchev–Trinajstić information content (AvgIpc) is 2.65. The first-order valence-electron chi connectivity index (χ1n) is 8.65. The second-order valence-electron chi connectivity index (χ2n) is 6.47. The summed E-state index contributed by atoms with van der Waals surface area (Å²) in [6.07, 6.45) is 1.77. The average molecular weight is 377 g/mol. The lowest BCUT2D eigenvalue weighted by atomic mass is 9.97. The number of carbonyl (C=O) groups excluding carboxylic acids is 3. The van der Waals surface area contributed by atoms with E-state index in [1.807, 2.05) is 4.90 Å². The number of likely N-dealkylation sites (tertiary alicyclic amines) is 1. The number of nitrogens with one attached hydrogen (secondary N) is 3. The highest BCUT2D eigenvalue weighted by Crippen LogP contribution is 2.16. The topological polar surface area (TPSA) is 134 Å². The number of non-ortho nitro benzene ring substituents is 1. The first-order valence-corrected chi connectivity index (χ1v) is 8.65. The molecule has 0 aliphatic carbocycles. The smallest absolute Gasteiger partial charge is 0.270 e. The molecule has 27 heavy (non-hydrogen) atoms. The zero-order chi connectivity index (χ0) is 19.8. The van der Waals surface area contributed by atoms with Crippen LogP contribution in [0.25, 0.3) is 0 Å². The monoisotopic (exact) mass is 377 g/mol. The molecule has 10 nitrogen and oxygen atoms in total. The van der Waals surface area contributed by atoms with Crippen LogP contribution in [0, 0.1) is 16.0 Å². The molecule has 0 spiro atoms. The van der Waals surface area contributed by atoms with Gasteiger partial charge >= 0.3 is 0 Å². The normalized spacial score (nSPS) is 15.0. The minimum absolute atomic E-state index is 0.0451. The molecule has 0 radical (unpaired) electrons. The highest BCUT2D eigenvalue weighted by Gasteiger charge is 2.21. The Morgan fingerprint density at radius 1 is 1.22 bits per heavy atom. The fourth-order valence-electron chi connectivity index (χ4n) is 2.84. The highest BCUT2D eigenvalue weighted by molar-refractivity contribution is 5.96. The number of hydrazine groups is 1. The van der Waals surface area contributed by atoms with Crippen molar-refractivity contribution in [3.05, 3.63) is 39.9 Å². The van der Waals surface area contributed by atoms with Crippen LogP contribution in [0.4, 0.5) is 5.69 Å². The summed E-state index contributed by atoms with van der Waals surface area (Å²) >= 11 is 0. The Labute approximate surface area is 156 Å². The summed E-state index contributed by atoms with van der Waals surface area (Å²) in [5.74, 6) is -0.631. The number of piperidine rings is 1. The van der Waals surface area contributed by atoms with Crippen molar-refractivity contribution in [3.63, 3.8) is 0 Å². The zero-order valence-electron chi connectivity index (χ0n) is 15.1. The van der Waals surface area contributed by atoms with Crippen LogP contribution in [0.3, 0.4) is 0 Å². The van der Waals surface area contributed by atoms with Gasteiger partial charge < -0.3 is 5.32 Å². The number of hydrogen-bond donors (Lipinski definition) is 3. The summed E-state index contributed by atoms with van der Waals surface area (Å²) in [6, 6.07) is 5.25. The molecule has 146 valence electrons. The second-order valence-corrected chi connectivity index (χ2v) is 6.47. The van der Waals surface area contributed by atoms with E-state index < -0.39 is 10.8 Å². The third-order valence-corrected chi connectivity index (χ3v) is 4.35. The minimum atomic E-state index is -0.624. The third kappa shape index (κ3) is 6.66. The molecular formula is C17H23N5O5. The molecule has 0 aromatic heterocycles. The Bertz CT molecular complexity index is 715. The number of benzene rings is 1. The minimum Gasteiger partial charge on any atom is -0.356 e. The Kier molecular flexibility index (Phi) is 7.24. The maximum Gasteiger partial charge on any atom is 0.270 e. The standard InChI is InChI=1S/C17H23N5O5/c1-12(23)18-10-13-5-7-21(8-6-13)11-16(24)19-20-17(25)14-3-2-4-15(9-14)22(26)27/h2-4,9,13H,5-8,10-11H2,1H3,(H,18,23)(H,19,24)(H,20,25). The molecule has 0 atom stereocenters. The van der Waals surface area contributed by atoms with Crippen LogP contribution in [0.15, 0.2) is 24.3 Å². The van der Waals surface area contributed by atoms with Crippen molar-refractivity contribution in [2.45, 2.75) is 19.8 Å². The molecule has 1 heterocycles. The highest BCUT2D eigenvalue weighted by atomic mass is 16.6. The van der Waals surface area contributed by atoms with Crippen LogP contribution < -0.4 is 16.2 Å². The number of nitro benzene ring substituents is 1. The van der Waals surface area contributed by atoms with Crippen LogP contribution in [0.1, 0.15) is 30.1 Å². The molecule has 1 aliphatic rings. The van der Waals surface area contributed by atoms with Gasteiger partial charge in [0.25, 0.3) is 17.5 Å². The van der Waals surface area contributed by atoms with E-state index in [1.165, 1.54) is 25.1 Å². The van der Waals surface area contributed by atoms with Crippen LogP contribution in [0.5, 0.6) is 0 Å². The number of nitro groups is 1. The van der Waals surface area contributed by atoms with Crippen molar-refractivity contribution in [2.75, 3.05) is 26.2 Å². The van der Waals surface area contributed by atoms with Crippen LogP contribution in [-0.4, -0.2) is 53.7 Å². The summed E-state index contributed by atoms with van der Waals surface area (Å²) < 4.78 is 0. The SMILES string of the molecule is CC(=O)NCC1CCN(CC(=O)NNC(=O)c2cccc([N+](=O)[O-])c2)CC1. The first kappa shape index (κ1) is 20.3. The van der Waals surface area contributed by atoms with E-state index in [9.17, 15) is 24.5 Å². The van der Waals surface area contributed by atoms with Gasteiger partial charge in [0.05, 0.1) is 11.5 Å². The zero-order valence-corrected chi connectivity index (χ0v) is 15.1. The Balaban J connectivity index is 1.72. The Morgan fingerprint density at radius 3 is 2.56 bits per heavy atom. The Hall–Kier alpha value is -3.01. The molecule has 3 N–H and O–H groups in total. The summed E-state index contributed by atoms with van der Waals surface area (Å²) in [6.45, 7) is 3.74. The molecule has 1 aromatic rings. The van der Waals surface area contributed by atoms with E-state index in [-0.39, 0.29) is 29.6 Å². The van der Waals surface area contributed by atoms with E-state index >= 15 is 0 Å². The van der Waals surface area contributed by atoms with Crippen LogP contribution in [0.2, 0.25) is 0 Å². The van der Waals surface area contributed by atoms with Crippen molar-refractivity contribution in [1.82, 2.24) is 21.1 Å². The summed E-state index contributed by atoms with van der Waals surface area (Å²) in [5.41, 5.74) is 4.47. The predicted molar refractivity (Wildman–Crippen MR) is 96.6 cm³/mol. The van der Waals surface area contributed by atoms with E-state index in [0.717, 1.165) is 32.0 Å². The lowest BCUT2D eigenvalue weighted by Gasteiger charge is -2.31. The summed E-state index contributed by atoms with van der Waals surface area (Å²) in [5, 5.41) is 13.5. The number of nitrogens with zero attached hydrogens (tertiary/aromatic N) is 2. The maximum atomic E-state index is 12.0. The van der Waals surface area contributed by atoms with Gasteiger partial charge in [-0.1, -0.05) is 6.07 Å². The molecule has 0 bridgehead atoms. The second kappa shape index (κ2) is 9.62. The van der Waals surface area contributed by atoms with Gasteiger partial charge in [-0.3, -0.25) is 40.2 Å². The van der Waals surface area contributed by atoms with Gasteiger partial charge in [-0.2, -0.15) is 0 Å². The van der Waals surface area contributed by atoms with Gasteiger partial charge in [-0.15, -0.1) is 0 Å². The number of amides is 3. The lowest BCUT2D eigenvalue weighted by molar-refractivity contribution is -0.384. The van der Waals surface area contributed by atoms with E-state index in [4.69, 9.17) is 0 Å². The molecule has 10 heteroatoms. The predicted octanol–water partition coefficient (Wildman–Crippen LogP) is 0.204. The molecule has 1 fully saturated rings. The van der Waals surface area contributed by atoms with Gasteiger partial charge in [0.2, 0.25) is 5.91 Å². The first-order chi connectivity index (χ1) is 12.8. The van der Waals surface area contributed by atoms with Gasteiger partial charge in [-0.05, 0) is 37.9 Å². The van der Waals surface area contributed by atoms with E-state index in [1.54, 1.807) is 0 Å². The molecular weight excluding hydrogens is 354 g/mol. The largest absolute Gasteiger partial charge is 0.356 e. The molecule has 3 amide bonds. The fraction of sp³-hybridized carbons (Fsp3) is 0.471. The van der Waals surface area contributed by atoms with E-state index in [2.05, 4.69) is 16.2 Å². The molecule has 0 unspecified atom stereocenters. The fourth-order valence-corrected chi connectivity index (χ4v) is 2.84. The third-order valence-electron chi connectivity index (χ3n) is 4.35. The number of hydrogen-bond acceptors (Lipinski definition) is 6. The summed E-state index contributed by atoms with van der Waals surface area (Å²) in [7, 11) is 0. The molecule has 1 saturated heterocycles. The molecule has 1 aromatic carbocycles. The number of rotatable bonds is 6. The van der Waals surface area contributed by atoms with Gasteiger partial charge in [0, 0.05) is 31.2 Å². The lowest BCUT2D eigenvalue weighted by Crippen LogP contribution is -2.48. The maximum absolute atomic E-state index is 12.0. The van der Waals surface area contributed by atoms with Crippen molar-refractivity contribution in [3.8, 4) is 0 Å². The van der Waals surface area contributed by atoms with Gasteiger partial charge in [0.15, 0.2) is 0 Å². The van der Waals surface area contributed by atoms with Crippen molar-refractivity contribution >= 4 is 23.4 Å². The quantitative estimate of drug-likeness (QED) is 0.479. The van der Waals surface area contributed by atoms with Crippen molar-refractivity contribution in [2.24, 2.45) is 5.92 Å². The van der Waals surface area contributed by atoms with Crippen LogP contribution >= 0.6 is 0 Å². The molecule has 2 rings (SSSR count). The summed E-state index contributed by atoms with van der Waals surface area (Å²) in [4.78, 5) is 47.0.